The normalized spacial score (nSPS) is 14.0. The molecule has 2 amide bonds. The molecule has 0 saturated heterocycles. The van der Waals surface area contributed by atoms with Gasteiger partial charge in [-0.2, -0.15) is 0 Å². The number of nitrogens with zero attached hydrogens (tertiary/aromatic N) is 2. The van der Waals surface area contributed by atoms with E-state index in [-0.39, 0.29) is 30.6 Å². The number of benzene rings is 3. The molecule has 12 heteroatoms. The van der Waals surface area contributed by atoms with Crippen molar-refractivity contribution in [3.63, 3.8) is 0 Å². The maximum atomic E-state index is 14.2. The molecule has 1 N–H and O–H groups in total. The Kier molecular flexibility index (Phi) is 10.8. The number of ether oxygens (including phenoxy) is 2. The summed E-state index contributed by atoms with van der Waals surface area (Å²) in [5.74, 6) is -0.0588. The molecule has 43 heavy (non-hydrogen) atoms. The summed E-state index contributed by atoms with van der Waals surface area (Å²) in [6.45, 7) is 3.97. The van der Waals surface area contributed by atoms with E-state index in [9.17, 15) is 18.0 Å². The van der Waals surface area contributed by atoms with Crippen molar-refractivity contribution in [1.29, 1.82) is 0 Å². The minimum atomic E-state index is -3.94. The predicted octanol–water partition coefficient (Wildman–Crippen LogP) is 5.09. The average Bonchev–Trinajstić information content (AvgIpc) is 2.98. The highest BCUT2D eigenvalue weighted by Crippen LogP contribution is 2.35. The van der Waals surface area contributed by atoms with Crippen molar-refractivity contribution in [3.8, 4) is 11.5 Å². The van der Waals surface area contributed by atoms with Crippen molar-refractivity contribution in [2.45, 2.75) is 45.3 Å². The van der Waals surface area contributed by atoms with E-state index < -0.39 is 28.5 Å². The van der Waals surface area contributed by atoms with Gasteiger partial charge in [0.15, 0.2) is 11.5 Å². The maximum absolute atomic E-state index is 14.2. The van der Waals surface area contributed by atoms with Crippen LogP contribution in [0, 0.1) is 0 Å². The first-order chi connectivity index (χ1) is 20.5. The van der Waals surface area contributed by atoms with Crippen LogP contribution in [0.2, 0.25) is 10.0 Å². The fourth-order valence-corrected chi connectivity index (χ4v) is 5.79. The van der Waals surface area contributed by atoms with Gasteiger partial charge >= 0.3 is 0 Å². The number of rotatable bonds is 12. The molecule has 1 heterocycles. The Morgan fingerprint density at radius 1 is 0.930 bits per heavy atom. The highest BCUT2D eigenvalue weighted by molar-refractivity contribution is 7.92. The highest BCUT2D eigenvalue weighted by atomic mass is 35.5. The molecule has 0 fully saturated rings. The van der Waals surface area contributed by atoms with Crippen LogP contribution in [-0.2, 0) is 32.6 Å². The van der Waals surface area contributed by atoms with Crippen LogP contribution < -0.4 is 19.1 Å². The number of amides is 2. The Balaban J connectivity index is 1.75. The van der Waals surface area contributed by atoms with Gasteiger partial charge in [-0.3, -0.25) is 13.9 Å². The number of hydrogen-bond acceptors (Lipinski definition) is 6. The van der Waals surface area contributed by atoms with Gasteiger partial charge in [0.2, 0.25) is 21.8 Å². The monoisotopic (exact) mass is 647 g/mol. The number of carbonyl (C=O) groups is 2. The van der Waals surface area contributed by atoms with E-state index in [4.69, 9.17) is 32.7 Å². The number of nitrogens with one attached hydrogen (secondary N) is 1. The minimum Gasteiger partial charge on any atom is -0.486 e. The summed E-state index contributed by atoms with van der Waals surface area (Å²) in [7, 11) is -3.94. The zero-order valence-corrected chi connectivity index (χ0v) is 26.6. The molecule has 9 nitrogen and oxygen atoms in total. The molecule has 4 rings (SSSR count). The van der Waals surface area contributed by atoms with Crippen molar-refractivity contribution in [2.24, 2.45) is 0 Å². The molecule has 0 aliphatic carbocycles. The Morgan fingerprint density at radius 2 is 1.63 bits per heavy atom. The SMILES string of the molecule is CC[C@@H](C)NC(=O)[C@H](Cc1ccccc1)N(Cc1ccc(Cl)c(Cl)c1)C(=O)CN(c1ccc2c(c1)OCCO2)S(C)(=O)=O. The summed E-state index contributed by atoms with van der Waals surface area (Å²) in [5.41, 5.74) is 1.70. The fourth-order valence-electron chi connectivity index (χ4n) is 4.63. The first-order valence-electron chi connectivity index (χ1n) is 13.9. The molecule has 0 saturated carbocycles. The van der Waals surface area contributed by atoms with Gasteiger partial charge in [0.25, 0.3) is 0 Å². The molecule has 1 aliphatic heterocycles. The molecule has 2 atom stereocenters. The summed E-state index contributed by atoms with van der Waals surface area (Å²) in [6.07, 6.45) is 1.92. The van der Waals surface area contributed by atoms with Gasteiger partial charge in [-0.15, -0.1) is 0 Å². The molecular weight excluding hydrogens is 613 g/mol. The van der Waals surface area contributed by atoms with E-state index in [0.29, 0.717) is 46.7 Å². The molecule has 0 unspecified atom stereocenters. The second-order valence-electron chi connectivity index (χ2n) is 10.4. The van der Waals surface area contributed by atoms with Crippen LogP contribution in [0.1, 0.15) is 31.4 Å². The first kappa shape index (κ1) is 32.4. The van der Waals surface area contributed by atoms with Crippen LogP contribution in [0.15, 0.2) is 66.7 Å². The van der Waals surface area contributed by atoms with Gasteiger partial charge in [-0.05, 0) is 48.7 Å². The van der Waals surface area contributed by atoms with Gasteiger partial charge in [-0.25, -0.2) is 8.42 Å². The third-order valence-corrected chi connectivity index (χ3v) is 8.98. The summed E-state index contributed by atoms with van der Waals surface area (Å²) in [6, 6.07) is 17.9. The lowest BCUT2D eigenvalue weighted by atomic mass is 10.0. The molecule has 1 aliphatic rings. The Morgan fingerprint density at radius 3 is 2.28 bits per heavy atom. The summed E-state index contributed by atoms with van der Waals surface area (Å²) in [4.78, 5) is 29.4. The zero-order chi connectivity index (χ0) is 31.1. The average molecular weight is 649 g/mol. The van der Waals surface area contributed by atoms with Gasteiger partial charge in [0, 0.05) is 25.1 Å². The standard InChI is InChI=1S/C31H35Cl2N3O6S/c1-4-21(2)34-31(38)27(17-22-8-6-5-7-9-22)35(19-23-10-12-25(32)26(33)16-23)30(37)20-36(43(3,39)40)24-11-13-28-29(18-24)42-15-14-41-28/h5-13,16,18,21,27H,4,14-15,17,19-20H2,1-3H3,(H,34,38)/t21-,27+/m1/s1. The number of halogens is 2. The lowest BCUT2D eigenvalue weighted by Gasteiger charge is -2.34. The maximum Gasteiger partial charge on any atom is 0.244 e. The molecule has 0 bridgehead atoms. The molecule has 230 valence electrons. The minimum absolute atomic E-state index is 0.0140. The zero-order valence-electron chi connectivity index (χ0n) is 24.3. The van der Waals surface area contributed by atoms with Crippen molar-refractivity contribution in [1.82, 2.24) is 10.2 Å². The number of hydrogen-bond donors (Lipinski definition) is 1. The van der Waals surface area contributed by atoms with E-state index in [0.717, 1.165) is 16.1 Å². The number of anilines is 1. The van der Waals surface area contributed by atoms with Gasteiger partial charge in [-0.1, -0.05) is 66.5 Å². The van der Waals surface area contributed by atoms with Gasteiger partial charge in [0.05, 0.1) is 22.0 Å². The summed E-state index contributed by atoms with van der Waals surface area (Å²) < 4.78 is 38.3. The molecule has 0 spiro atoms. The first-order valence-corrected chi connectivity index (χ1v) is 16.5. The molecular formula is C31H35Cl2N3O6S. The predicted molar refractivity (Wildman–Crippen MR) is 168 cm³/mol. The highest BCUT2D eigenvalue weighted by Gasteiger charge is 2.34. The number of sulfonamides is 1. The second kappa shape index (κ2) is 14.3. The van der Waals surface area contributed by atoms with Crippen LogP contribution in [0.3, 0.4) is 0 Å². The van der Waals surface area contributed by atoms with E-state index in [1.807, 2.05) is 44.2 Å². The van der Waals surface area contributed by atoms with E-state index in [1.165, 1.54) is 11.0 Å². The molecule has 3 aromatic rings. The Labute approximate surface area is 262 Å². The van der Waals surface area contributed by atoms with E-state index >= 15 is 0 Å². The molecule has 0 aromatic heterocycles. The Bertz CT molecular complexity index is 1550. The third kappa shape index (κ3) is 8.55. The smallest absolute Gasteiger partial charge is 0.244 e. The third-order valence-electron chi connectivity index (χ3n) is 7.10. The Hall–Kier alpha value is -3.47. The lowest BCUT2D eigenvalue weighted by molar-refractivity contribution is -0.140. The lowest BCUT2D eigenvalue weighted by Crippen LogP contribution is -2.54. The second-order valence-corrected chi connectivity index (χ2v) is 13.1. The fraction of sp³-hybridized carbons (Fsp3) is 0.355. The largest absolute Gasteiger partial charge is 0.486 e. The van der Waals surface area contributed by atoms with Crippen LogP contribution in [-0.4, -0.2) is 63.2 Å². The van der Waals surface area contributed by atoms with Crippen LogP contribution >= 0.6 is 23.2 Å². The molecule has 0 radical (unpaired) electrons. The van der Waals surface area contributed by atoms with Gasteiger partial charge < -0.3 is 19.7 Å². The van der Waals surface area contributed by atoms with Crippen molar-refractivity contribution >= 4 is 50.7 Å². The number of carbonyl (C=O) groups excluding carboxylic acids is 2. The van der Waals surface area contributed by atoms with E-state index in [1.54, 1.807) is 30.3 Å². The van der Waals surface area contributed by atoms with Crippen molar-refractivity contribution in [2.75, 3.05) is 30.3 Å². The van der Waals surface area contributed by atoms with E-state index in [2.05, 4.69) is 5.32 Å². The molecule has 3 aromatic carbocycles. The quantitative estimate of drug-likeness (QED) is 0.294. The number of fused-ring (bicyclic) bond motifs is 1. The van der Waals surface area contributed by atoms with Crippen LogP contribution in [0.4, 0.5) is 5.69 Å². The summed E-state index contributed by atoms with van der Waals surface area (Å²) in [5, 5.41) is 3.64. The van der Waals surface area contributed by atoms with Crippen LogP contribution in [0.5, 0.6) is 11.5 Å². The van der Waals surface area contributed by atoms with Crippen molar-refractivity contribution in [3.05, 3.63) is 87.9 Å². The van der Waals surface area contributed by atoms with Gasteiger partial charge in [0.1, 0.15) is 25.8 Å². The van der Waals surface area contributed by atoms with Crippen molar-refractivity contribution < 1.29 is 27.5 Å². The van der Waals surface area contributed by atoms with Crippen LogP contribution in [0.25, 0.3) is 0 Å². The summed E-state index contributed by atoms with van der Waals surface area (Å²) >= 11 is 12.4. The topological polar surface area (TPSA) is 105 Å².